The first kappa shape index (κ1) is 11.8. The van der Waals surface area contributed by atoms with Gasteiger partial charge in [0.05, 0.1) is 5.56 Å². The summed E-state index contributed by atoms with van der Waals surface area (Å²) < 4.78 is 37.6. The molecule has 1 radical (unpaired) electrons. The van der Waals surface area contributed by atoms with E-state index in [1.807, 2.05) is 6.92 Å². The van der Waals surface area contributed by atoms with Crippen LogP contribution in [0.1, 0.15) is 30.9 Å². The summed E-state index contributed by atoms with van der Waals surface area (Å²) in [5, 5.41) is 7.54. The first-order valence-electron chi connectivity index (χ1n) is 4.62. The van der Waals surface area contributed by atoms with Crippen LogP contribution >= 0.6 is 0 Å². The summed E-state index contributed by atoms with van der Waals surface area (Å²) in [5.74, 6) is 0. The van der Waals surface area contributed by atoms with Gasteiger partial charge >= 0.3 is 6.18 Å². The van der Waals surface area contributed by atoms with Crippen molar-refractivity contribution < 1.29 is 13.2 Å². The molecule has 0 aromatic heterocycles. The van der Waals surface area contributed by atoms with E-state index in [9.17, 15) is 13.2 Å². The van der Waals surface area contributed by atoms with E-state index in [-0.39, 0.29) is 11.3 Å². The van der Waals surface area contributed by atoms with Gasteiger partial charge in [-0.15, -0.1) is 0 Å². The van der Waals surface area contributed by atoms with Gasteiger partial charge in [-0.3, -0.25) is 0 Å². The van der Waals surface area contributed by atoms with Gasteiger partial charge in [0.15, 0.2) is 0 Å². The van der Waals surface area contributed by atoms with Crippen molar-refractivity contribution in [3.63, 3.8) is 0 Å². The second-order valence-corrected chi connectivity index (χ2v) is 3.20. The van der Waals surface area contributed by atoms with Gasteiger partial charge in [-0.25, -0.2) is 0 Å². The number of alkyl halides is 3. The van der Waals surface area contributed by atoms with E-state index in [1.54, 1.807) is 0 Å². The fourth-order valence-electron chi connectivity index (χ4n) is 1.31. The van der Waals surface area contributed by atoms with Gasteiger partial charge < -0.3 is 5.41 Å². The highest BCUT2D eigenvalue weighted by Gasteiger charge is 2.33. The van der Waals surface area contributed by atoms with Gasteiger partial charge in [0, 0.05) is 11.3 Å². The van der Waals surface area contributed by atoms with E-state index >= 15 is 0 Å². The van der Waals surface area contributed by atoms with E-state index in [2.05, 4.69) is 6.07 Å². The first-order valence-corrected chi connectivity index (χ1v) is 4.62. The zero-order valence-corrected chi connectivity index (χ0v) is 8.28. The molecule has 0 amide bonds. The average Bonchev–Trinajstić information content (AvgIpc) is 2.17. The Morgan fingerprint density at radius 3 is 2.67 bits per heavy atom. The van der Waals surface area contributed by atoms with Crippen molar-refractivity contribution >= 4 is 5.71 Å². The Bertz CT molecular complexity index is 355. The summed E-state index contributed by atoms with van der Waals surface area (Å²) in [6, 6.07) is 5.97. The van der Waals surface area contributed by atoms with Gasteiger partial charge in [0.2, 0.25) is 0 Å². The van der Waals surface area contributed by atoms with E-state index in [1.165, 1.54) is 12.1 Å². The van der Waals surface area contributed by atoms with Crippen LogP contribution in [-0.4, -0.2) is 5.71 Å². The molecule has 4 heteroatoms. The van der Waals surface area contributed by atoms with Crippen LogP contribution in [0, 0.1) is 11.5 Å². The normalized spacial score (nSPS) is 11.5. The minimum absolute atomic E-state index is 0.0267. The second kappa shape index (κ2) is 4.47. The lowest BCUT2D eigenvalue weighted by Gasteiger charge is -2.12. The number of hydrogen-bond acceptors (Lipinski definition) is 1. The second-order valence-electron chi connectivity index (χ2n) is 3.20. The molecule has 1 aromatic carbocycles. The van der Waals surface area contributed by atoms with Gasteiger partial charge in [0.25, 0.3) is 0 Å². The van der Waals surface area contributed by atoms with Gasteiger partial charge in [-0.1, -0.05) is 25.5 Å². The maximum atomic E-state index is 12.5. The number of hydrogen-bond donors (Lipinski definition) is 1. The van der Waals surface area contributed by atoms with Crippen molar-refractivity contribution in [1.82, 2.24) is 0 Å². The lowest BCUT2D eigenvalue weighted by atomic mass is 10.00. The predicted octanol–water partition coefficient (Wildman–Crippen LogP) is 3.67. The van der Waals surface area contributed by atoms with E-state index in [0.29, 0.717) is 12.8 Å². The molecule has 0 bridgehead atoms. The zero-order valence-electron chi connectivity index (χ0n) is 8.28. The SMILES string of the molecule is CCCC(=N)c1cc[c]cc1C(F)(F)F. The van der Waals surface area contributed by atoms with Crippen LogP contribution in [0.5, 0.6) is 0 Å². The van der Waals surface area contributed by atoms with Gasteiger partial charge in [-0.05, 0) is 18.6 Å². The van der Waals surface area contributed by atoms with Crippen LogP contribution in [0.2, 0.25) is 0 Å². The summed E-state index contributed by atoms with van der Waals surface area (Å²) in [5.41, 5.74) is -0.787. The van der Waals surface area contributed by atoms with Gasteiger partial charge in [0.1, 0.15) is 0 Å². The van der Waals surface area contributed by atoms with Crippen molar-refractivity contribution in [3.05, 3.63) is 35.4 Å². The van der Waals surface area contributed by atoms with Gasteiger partial charge in [-0.2, -0.15) is 13.2 Å². The molecule has 15 heavy (non-hydrogen) atoms. The third-order valence-corrected chi connectivity index (χ3v) is 1.99. The van der Waals surface area contributed by atoms with Crippen molar-refractivity contribution in [1.29, 1.82) is 5.41 Å². The van der Waals surface area contributed by atoms with Crippen LogP contribution in [0.25, 0.3) is 0 Å². The van der Waals surface area contributed by atoms with Crippen LogP contribution in [0.15, 0.2) is 18.2 Å². The Morgan fingerprint density at radius 1 is 1.47 bits per heavy atom. The van der Waals surface area contributed by atoms with E-state index in [0.717, 1.165) is 6.07 Å². The molecular weight excluding hydrogens is 203 g/mol. The number of nitrogens with one attached hydrogen (secondary N) is 1. The molecule has 1 aromatic rings. The molecule has 81 valence electrons. The molecule has 1 nitrogen and oxygen atoms in total. The summed E-state index contributed by atoms with van der Waals surface area (Å²) in [7, 11) is 0. The number of benzene rings is 1. The van der Waals surface area contributed by atoms with Crippen molar-refractivity contribution in [2.45, 2.75) is 25.9 Å². The Labute approximate surface area is 86.4 Å². The fourth-order valence-corrected chi connectivity index (χ4v) is 1.31. The molecule has 0 saturated carbocycles. The highest BCUT2D eigenvalue weighted by molar-refractivity contribution is 5.99. The fraction of sp³-hybridized carbons (Fsp3) is 0.364. The average molecular weight is 214 g/mol. The summed E-state index contributed by atoms with van der Waals surface area (Å²) in [6.45, 7) is 1.83. The minimum atomic E-state index is -4.41. The molecule has 0 aliphatic rings. The molecule has 0 saturated heterocycles. The predicted molar refractivity (Wildman–Crippen MR) is 52.0 cm³/mol. The van der Waals surface area contributed by atoms with Crippen molar-refractivity contribution in [2.24, 2.45) is 0 Å². The topological polar surface area (TPSA) is 23.9 Å². The smallest absolute Gasteiger partial charge is 0.305 e. The summed E-state index contributed by atoms with van der Waals surface area (Å²) in [4.78, 5) is 0. The summed E-state index contributed by atoms with van der Waals surface area (Å²) in [6.07, 6.45) is -3.39. The van der Waals surface area contributed by atoms with Crippen LogP contribution in [0.4, 0.5) is 13.2 Å². The Hall–Kier alpha value is -1.32. The highest BCUT2D eigenvalue weighted by atomic mass is 19.4. The zero-order chi connectivity index (χ0) is 11.5. The molecule has 0 heterocycles. The molecule has 0 aliphatic carbocycles. The minimum Gasteiger partial charge on any atom is -0.305 e. The maximum Gasteiger partial charge on any atom is 0.417 e. The Morgan fingerprint density at radius 2 is 2.13 bits per heavy atom. The largest absolute Gasteiger partial charge is 0.417 e. The third-order valence-electron chi connectivity index (χ3n) is 1.99. The number of halogens is 3. The lowest BCUT2D eigenvalue weighted by Crippen LogP contribution is -2.12. The Kier molecular flexibility index (Phi) is 3.50. The van der Waals surface area contributed by atoms with Crippen LogP contribution in [-0.2, 0) is 6.18 Å². The molecule has 0 unspecified atom stereocenters. The maximum absolute atomic E-state index is 12.5. The molecule has 0 atom stereocenters. The van der Waals surface area contributed by atoms with Crippen molar-refractivity contribution in [2.75, 3.05) is 0 Å². The molecule has 0 fully saturated rings. The summed E-state index contributed by atoms with van der Waals surface area (Å²) >= 11 is 0. The molecular formula is C11H11F3N. The lowest BCUT2D eigenvalue weighted by molar-refractivity contribution is -0.137. The van der Waals surface area contributed by atoms with Crippen LogP contribution in [0.3, 0.4) is 0 Å². The third kappa shape index (κ3) is 2.81. The molecule has 1 rings (SSSR count). The molecule has 0 spiro atoms. The quantitative estimate of drug-likeness (QED) is 0.742. The van der Waals surface area contributed by atoms with E-state index in [4.69, 9.17) is 5.41 Å². The number of rotatable bonds is 3. The van der Waals surface area contributed by atoms with Crippen LogP contribution < -0.4 is 0 Å². The van der Waals surface area contributed by atoms with Crippen molar-refractivity contribution in [3.8, 4) is 0 Å². The standard InChI is InChI=1S/C11H11F3N/c1-2-5-10(15)8-6-3-4-7-9(8)11(12,13)14/h3,6-7,15H,2,5H2,1H3. The molecule has 0 aliphatic heterocycles. The molecule has 1 N–H and O–H groups in total. The monoisotopic (exact) mass is 214 g/mol. The Balaban J connectivity index is 3.12. The first-order chi connectivity index (χ1) is 6.96. The highest BCUT2D eigenvalue weighted by Crippen LogP contribution is 2.32. The van der Waals surface area contributed by atoms with E-state index < -0.39 is 11.7 Å².